The van der Waals surface area contributed by atoms with Gasteiger partial charge in [-0.2, -0.15) is 0 Å². The van der Waals surface area contributed by atoms with Gasteiger partial charge in [-0.1, -0.05) is 166 Å². The lowest BCUT2D eigenvalue weighted by Gasteiger charge is -2.20. The van der Waals surface area contributed by atoms with E-state index < -0.39 is 72.3 Å². The number of hydrogen-bond donors (Lipinski definition) is 5. The first-order valence-electron chi connectivity index (χ1n) is 22.1. The molecule has 0 aliphatic rings. The molecule has 2 unspecified atom stereocenters. The smallest absolute Gasteiger partial charge is 0.462 e. The lowest BCUT2D eigenvalue weighted by molar-refractivity contribution is -0.161. The van der Waals surface area contributed by atoms with Crippen molar-refractivity contribution in [3.8, 4) is 0 Å². The molecule has 0 aromatic heterocycles. The van der Waals surface area contributed by atoms with Gasteiger partial charge in [-0.05, 0) is 38.0 Å². The van der Waals surface area contributed by atoms with Crippen molar-refractivity contribution >= 4 is 27.6 Å². The number of aliphatic hydroxyl groups is 2. The van der Waals surface area contributed by atoms with Gasteiger partial charge in [0.1, 0.15) is 12.7 Å². The van der Waals surface area contributed by atoms with Crippen LogP contribution in [0, 0.1) is 5.92 Å². The van der Waals surface area contributed by atoms with Gasteiger partial charge >= 0.3 is 27.6 Å². The highest BCUT2D eigenvalue weighted by molar-refractivity contribution is 7.47. The minimum absolute atomic E-state index is 0.113. The fraction of sp³-hybridized carbons (Fsp3) is 0.814. The number of carbonyl (C=O) groups is 2. The molecule has 0 aromatic carbocycles. The van der Waals surface area contributed by atoms with Gasteiger partial charge < -0.3 is 34.4 Å². The van der Waals surface area contributed by atoms with Crippen LogP contribution in [0.1, 0.15) is 175 Å². The lowest BCUT2D eigenvalue weighted by atomic mass is 10.0. The fourth-order valence-electron chi connectivity index (χ4n) is 5.95. The third kappa shape index (κ3) is 42.8. The summed E-state index contributed by atoms with van der Waals surface area (Å²) in [6, 6.07) is 0. The highest BCUT2D eigenvalue weighted by Gasteiger charge is 2.28. The third-order valence-corrected chi connectivity index (χ3v) is 10.8. The van der Waals surface area contributed by atoms with Crippen LogP contribution in [-0.4, -0.2) is 81.6 Å². The molecular weight excluding hydrogens is 802 g/mol. The second kappa shape index (κ2) is 38.0. The van der Waals surface area contributed by atoms with Gasteiger partial charge in [-0.3, -0.25) is 23.2 Å². The fourth-order valence-corrected chi connectivity index (χ4v) is 7.11. The Morgan fingerprint density at radius 2 is 1.07 bits per heavy atom. The van der Waals surface area contributed by atoms with Gasteiger partial charge in [0.25, 0.3) is 0 Å². The predicted octanol–water partition coefficient (Wildman–Crippen LogP) is 10.1. The molecule has 0 heterocycles. The number of carbonyl (C=O) groups excluding carboxylic acids is 2. The first-order chi connectivity index (χ1) is 28.1. The third-order valence-electron chi connectivity index (χ3n) is 9.32. The number of allylic oxidation sites excluding steroid dienone is 5. The highest BCUT2D eigenvalue weighted by Crippen LogP contribution is 2.43. The molecule has 0 saturated carbocycles. The Morgan fingerprint density at radius 3 is 1.61 bits per heavy atom. The number of hydrogen-bond acceptors (Lipinski definition) is 11. The first kappa shape index (κ1) is 57.3. The highest BCUT2D eigenvalue weighted by atomic mass is 31.2. The quantitative estimate of drug-likeness (QED) is 0.0127. The summed E-state index contributed by atoms with van der Waals surface area (Å²) in [5.74, 6) is -0.309. The summed E-state index contributed by atoms with van der Waals surface area (Å²) in [5.41, 5.74) is 0. The van der Waals surface area contributed by atoms with Crippen LogP contribution < -0.4 is 0 Å². The molecule has 14 nitrogen and oxygen atoms in total. The number of phosphoric acid groups is 2. The summed E-state index contributed by atoms with van der Waals surface area (Å²) in [6.07, 6.45) is 31.6. The van der Waals surface area contributed by atoms with E-state index in [1.54, 1.807) is 6.08 Å². The largest absolute Gasteiger partial charge is 0.472 e. The molecule has 4 atom stereocenters. The molecule has 0 spiro atoms. The molecule has 16 heteroatoms. The molecule has 0 aromatic rings. The van der Waals surface area contributed by atoms with Crippen LogP contribution in [0.4, 0.5) is 0 Å². The summed E-state index contributed by atoms with van der Waals surface area (Å²) in [4.78, 5) is 52.7. The average Bonchev–Trinajstić information content (AvgIpc) is 3.17. The van der Waals surface area contributed by atoms with E-state index in [1.807, 2.05) is 18.2 Å². The number of unbranched alkanes of at least 4 members (excludes halogenated alkanes) is 16. The number of ether oxygens (including phenoxy) is 2. The maximum Gasteiger partial charge on any atom is 0.472 e. The molecule has 0 aliphatic carbocycles. The molecule has 0 saturated heterocycles. The summed E-state index contributed by atoms with van der Waals surface area (Å²) in [7, 11) is -9.70. The van der Waals surface area contributed by atoms with Crippen molar-refractivity contribution in [1.82, 2.24) is 0 Å². The number of phosphoric ester groups is 2. The average molecular weight is 883 g/mol. The molecule has 0 rings (SSSR count). The SMILES string of the molecule is CC/C=C/C/C=C/C=C/C(O)CCCCCCCC(=O)OC[C@H](COP(=O)(O)OC[C@@H](O)COP(=O)(O)O)OC(=O)CCCCCCCCCCCCCCCC(C)C. The maximum absolute atomic E-state index is 12.7. The van der Waals surface area contributed by atoms with E-state index in [9.17, 15) is 33.8 Å². The summed E-state index contributed by atoms with van der Waals surface area (Å²) in [6.45, 7) is 3.85. The predicted molar refractivity (Wildman–Crippen MR) is 231 cm³/mol. The number of esters is 2. The Morgan fingerprint density at radius 1 is 0.576 bits per heavy atom. The van der Waals surface area contributed by atoms with Crippen LogP contribution in [0.3, 0.4) is 0 Å². The van der Waals surface area contributed by atoms with E-state index >= 15 is 0 Å². The minimum atomic E-state index is -4.87. The van der Waals surface area contributed by atoms with Crippen molar-refractivity contribution in [3.63, 3.8) is 0 Å². The van der Waals surface area contributed by atoms with E-state index in [0.717, 1.165) is 63.7 Å². The van der Waals surface area contributed by atoms with Gasteiger partial charge in [0.05, 0.1) is 25.9 Å². The Labute approximate surface area is 355 Å². The van der Waals surface area contributed by atoms with Gasteiger partial charge in [0.15, 0.2) is 6.10 Å². The number of aliphatic hydroxyl groups excluding tert-OH is 2. The Kier molecular flexibility index (Phi) is 36.9. The van der Waals surface area contributed by atoms with Gasteiger partial charge in [-0.25, -0.2) is 9.13 Å². The molecule has 0 bridgehead atoms. The Bertz CT molecular complexity index is 1220. The van der Waals surface area contributed by atoms with Crippen LogP contribution in [0.25, 0.3) is 0 Å². The Hall–Kier alpha value is -1.70. The van der Waals surface area contributed by atoms with Crippen LogP contribution in [-0.2, 0) is 41.8 Å². The Balaban J connectivity index is 4.57. The van der Waals surface area contributed by atoms with Crippen LogP contribution in [0.15, 0.2) is 36.5 Å². The van der Waals surface area contributed by atoms with E-state index in [4.69, 9.17) is 23.8 Å². The van der Waals surface area contributed by atoms with Gasteiger partial charge in [0, 0.05) is 12.8 Å². The van der Waals surface area contributed by atoms with Gasteiger partial charge in [0.2, 0.25) is 0 Å². The second-order valence-corrected chi connectivity index (χ2v) is 18.3. The van der Waals surface area contributed by atoms with E-state index in [2.05, 4.69) is 42.0 Å². The van der Waals surface area contributed by atoms with Crippen molar-refractivity contribution in [2.75, 3.05) is 26.4 Å². The van der Waals surface area contributed by atoms with Gasteiger partial charge in [-0.15, -0.1) is 0 Å². The van der Waals surface area contributed by atoms with Crippen LogP contribution in [0.2, 0.25) is 0 Å². The van der Waals surface area contributed by atoms with E-state index in [-0.39, 0.29) is 12.8 Å². The van der Waals surface area contributed by atoms with E-state index in [1.165, 1.54) is 64.2 Å². The van der Waals surface area contributed by atoms with Crippen molar-refractivity contribution in [2.24, 2.45) is 5.92 Å². The van der Waals surface area contributed by atoms with Crippen LogP contribution in [0.5, 0.6) is 0 Å². The molecule has 0 amide bonds. The topological polar surface area (TPSA) is 216 Å². The number of rotatable bonds is 41. The molecule has 0 radical (unpaired) electrons. The summed E-state index contributed by atoms with van der Waals surface area (Å²) >= 11 is 0. The minimum Gasteiger partial charge on any atom is -0.462 e. The molecule has 0 fully saturated rings. The molecule has 346 valence electrons. The summed E-state index contributed by atoms with van der Waals surface area (Å²) in [5, 5.41) is 19.9. The summed E-state index contributed by atoms with van der Waals surface area (Å²) < 4.78 is 47.7. The normalized spacial score (nSPS) is 15.0. The van der Waals surface area contributed by atoms with Crippen molar-refractivity contribution in [1.29, 1.82) is 0 Å². The zero-order chi connectivity index (χ0) is 44.0. The molecule has 5 N–H and O–H groups in total. The zero-order valence-electron chi connectivity index (χ0n) is 36.4. The molecular formula is C43H80O14P2. The van der Waals surface area contributed by atoms with Crippen molar-refractivity contribution < 1.29 is 66.7 Å². The van der Waals surface area contributed by atoms with E-state index in [0.29, 0.717) is 19.3 Å². The van der Waals surface area contributed by atoms with Crippen LogP contribution >= 0.6 is 15.6 Å². The second-order valence-electron chi connectivity index (χ2n) is 15.6. The molecule has 59 heavy (non-hydrogen) atoms. The zero-order valence-corrected chi connectivity index (χ0v) is 38.2. The van der Waals surface area contributed by atoms with Crippen molar-refractivity contribution in [3.05, 3.63) is 36.5 Å². The first-order valence-corrected chi connectivity index (χ1v) is 25.2. The van der Waals surface area contributed by atoms with Crippen molar-refractivity contribution in [2.45, 2.75) is 193 Å². The lowest BCUT2D eigenvalue weighted by Crippen LogP contribution is -2.30. The monoisotopic (exact) mass is 883 g/mol. The molecule has 0 aliphatic heterocycles. The maximum atomic E-state index is 12.7. The standard InChI is InChI=1S/C43H80O14P2/c1-4-5-6-7-15-20-25-30-39(44)31-26-21-18-23-27-32-42(46)53-36-41(37-56-59(51,52)55-35-40(45)34-54-58(48,49)50)57-43(47)33-28-22-17-14-12-10-8-9-11-13-16-19-24-29-38(2)3/h5-6,15,20,25,30,38-41,44-45H,4,7-14,16-19,21-24,26-29,31-37H2,1-3H3,(H,51,52)(H2,48,49,50)/b6-5+,20-15+,30-25+/t39?,40-,41+/m0/s1.